The molecule has 1 saturated heterocycles. The molecule has 0 aliphatic carbocycles. The van der Waals surface area contributed by atoms with Gasteiger partial charge in [0.25, 0.3) is 0 Å². The van der Waals surface area contributed by atoms with Crippen LogP contribution < -0.4 is 10.2 Å². The van der Waals surface area contributed by atoms with Crippen LogP contribution in [0.25, 0.3) is 0 Å². The van der Waals surface area contributed by atoms with E-state index in [0.717, 1.165) is 31.0 Å². The lowest BCUT2D eigenvalue weighted by Crippen LogP contribution is -2.52. The Hall–Kier alpha value is -1.20. The first kappa shape index (κ1) is 15.2. The van der Waals surface area contributed by atoms with E-state index in [9.17, 15) is 4.39 Å². The van der Waals surface area contributed by atoms with Crippen molar-refractivity contribution in [3.8, 4) is 0 Å². The van der Waals surface area contributed by atoms with Crippen molar-refractivity contribution in [1.82, 2.24) is 10.3 Å². The summed E-state index contributed by atoms with van der Waals surface area (Å²) < 4.78 is 19.3. The summed E-state index contributed by atoms with van der Waals surface area (Å²) in [5.41, 5.74) is 0.681. The first-order valence-corrected chi connectivity index (χ1v) is 7.19. The topological polar surface area (TPSA) is 37.4 Å². The zero-order valence-electron chi connectivity index (χ0n) is 12.7. The normalized spacial score (nSPS) is 22.1. The molecule has 0 amide bonds. The minimum absolute atomic E-state index is 0.137. The van der Waals surface area contributed by atoms with Crippen LogP contribution in [0.1, 0.15) is 33.3 Å². The molecule has 0 radical (unpaired) electrons. The van der Waals surface area contributed by atoms with Crippen LogP contribution in [0.2, 0.25) is 0 Å². The van der Waals surface area contributed by atoms with Crippen molar-refractivity contribution in [1.29, 1.82) is 0 Å². The van der Waals surface area contributed by atoms with E-state index in [0.29, 0.717) is 6.54 Å². The Morgan fingerprint density at radius 3 is 2.95 bits per heavy atom. The van der Waals surface area contributed by atoms with Gasteiger partial charge in [-0.05, 0) is 33.4 Å². The zero-order chi connectivity index (χ0) is 14.8. The number of anilines is 1. The summed E-state index contributed by atoms with van der Waals surface area (Å²) in [4.78, 5) is 6.50. The highest BCUT2D eigenvalue weighted by Crippen LogP contribution is 2.27. The van der Waals surface area contributed by atoms with Crippen LogP contribution in [0.15, 0.2) is 12.3 Å². The lowest BCUT2D eigenvalue weighted by Gasteiger charge is -2.42. The van der Waals surface area contributed by atoms with E-state index in [2.05, 4.69) is 36.0 Å². The highest BCUT2D eigenvalue weighted by Gasteiger charge is 2.32. The van der Waals surface area contributed by atoms with Crippen LogP contribution in [-0.4, -0.2) is 36.3 Å². The van der Waals surface area contributed by atoms with Gasteiger partial charge in [0, 0.05) is 25.2 Å². The summed E-state index contributed by atoms with van der Waals surface area (Å²) in [5, 5.41) is 3.24. The standard InChI is InChI=1S/C15H24FN3O/c1-5-17-7-12-6-13(16)8-18-14(12)19-9-11(2)20-15(3,4)10-19/h6,8,11,17H,5,7,9-10H2,1-4H3. The molecule has 0 spiro atoms. The number of nitrogens with zero attached hydrogens (tertiary/aromatic N) is 2. The summed E-state index contributed by atoms with van der Waals surface area (Å²) in [6.07, 6.45) is 1.43. The number of nitrogens with one attached hydrogen (secondary N) is 1. The van der Waals surface area contributed by atoms with Gasteiger partial charge in [-0.1, -0.05) is 6.92 Å². The maximum absolute atomic E-state index is 13.4. The lowest BCUT2D eigenvalue weighted by atomic mass is 10.0. The van der Waals surface area contributed by atoms with Crippen molar-refractivity contribution < 1.29 is 9.13 Å². The molecular formula is C15H24FN3O. The quantitative estimate of drug-likeness (QED) is 0.919. The molecule has 1 fully saturated rings. The molecule has 1 aromatic heterocycles. The van der Waals surface area contributed by atoms with Crippen molar-refractivity contribution >= 4 is 5.82 Å². The maximum Gasteiger partial charge on any atom is 0.141 e. The van der Waals surface area contributed by atoms with Gasteiger partial charge in [-0.15, -0.1) is 0 Å². The molecule has 1 N–H and O–H groups in total. The van der Waals surface area contributed by atoms with Crippen LogP contribution in [0.3, 0.4) is 0 Å². The Bertz CT molecular complexity index is 464. The third-order valence-corrected chi connectivity index (χ3v) is 3.34. The van der Waals surface area contributed by atoms with Gasteiger partial charge in [0.15, 0.2) is 0 Å². The fraction of sp³-hybridized carbons (Fsp3) is 0.667. The van der Waals surface area contributed by atoms with Gasteiger partial charge in [-0.25, -0.2) is 9.37 Å². The van der Waals surface area contributed by atoms with E-state index in [1.165, 1.54) is 6.20 Å². The maximum atomic E-state index is 13.4. The van der Waals surface area contributed by atoms with E-state index in [-0.39, 0.29) is 17.5 Å². The van der Waals surface area contributed by atoms with Crippen molar-refractivity contribution in [3.05, 3.63) is 23.6 Å². The summed E-state index contributed by atoms with van der Waals surface area (Å²) in [6.45, 7) is 11.3. The number of halogens is 1. The molecule has 2 heterocycles. The zero-order valence-corrected chi connectivity index (χ0v) is 12.7. The lowest BCUT2D eigenvalue weighted by molar-refractivity contribution is -0.0752. The Kier molecular flexibility index (Phi) is 4.60. The molecule has 2 rings (SSSR count). The Morgan fingerprint density at radius 1 is 1.55 bits per heavy atom. The molecule has 4 nitrogen and oxygen atoms in total. The summed E-state index contributed by atoms with van der Waals surface area (Å²) in [6, 6.07) is 1.57. The molecule has 0 bridgehead atoms. The number of hydrogen-bond donors (Lipinski definition) is 1. The molecule has 0 saturated carbocycles. The van der Waals surface area contributed by atoms with E-state index in [1.54, 1.807) is 6.07 Å². The van der Waals surface area contributed by atoms with E-state index >= 15 is 0 Å². The van der Waals surface area contributed by atoms with E-state index in [1.807, 2.05) is 6.92 Å². The molecule has 20 heavy (non-hydrogen) atoms. The van der Waals surface area contributed by atoms with Crippen molar-refractivity contribution in [2.24, 2.45) is 0 Å². The number of morpholine rings is 1. The second kappa shape index (κ2) is 6.06. The van der Waals surface area contributed by atoms with Crippen LogP contribution in [0.4, 0.5) is 10.2 Å². The van der Waals surface area contributed by atoms with Crippen LogP contribution in [-0.2, 0) is 11.3 Å². The molecule has 112 valence electrons. The Labute approximate surface area is 120 Å². The monoisotopic (exact) mass is 281 g/mol. The van der Waals surface area contributed by atoms with Gasteiger partial charge in [0.05, 0.1) is 17.9 Å². The van der Waals surface area contributed by atoms with E-state index < -0.39 is 0 Å². The predicted octanol–water partition coefficient (Wildman–Crippen LogP) is 2.33. The molecule has 1 aliphatic heterocycles. The molecule has 1 aliphatic rings. The third kappa shape index (κ3) is 3.67. The van der Waals surface area contributed by atoms with Gasteiger partial charge in [-0.3, -0.25) is 0 Å². The van der Waals surface area contributed by atoms with Gasteiger partial charge in [0.2, 0.25) is 0 Å². The molecule has 5 heteroatoms. The molecular weight excluding hydrogens is 257 g/mol. The summed E-state index contributed by atoms with van der Waals surface area (Å²) >= 11 is 0. The number of rotatable bonds is 4. The minimum atomic E-state index is -0.290. The third-order valence-electron chi connectivity index (χ3n) is 3.34. The van der Waals surface area contributed by atoms with Gasteiger partial charge in [-0.2, -0.15) is 0 Å². The largest absolute Gasteiger partial charge is 0.369 e. The summed E-state index contributed by atoms with van der Waals surface area (Å²) in [5.74, 6) is 0.567. The Balaban J connectivity index is 2.26. The van der Waals surface area contributed by atoms with Crippen LogP contribution >= 0.6 is 0 Å². The van der Waals surface area contributed by atoms with Gasteiger partial charge < -0.3 is 15.0 Å². The number of aromatic nitrogens is 1. The van der Waals surface area contributed by atoms with Crippen LogP contribution in [0.5, 0.6) is 0 Å². The minimum Gasteiger partial charge on any atom is -0.369 e. The fourth-order valence-corrected chi connectivity index (χ4v) is 2.76. The first-order chi connectivity index (χ1) is 9.41. The van der Waals surface area contributed by atoms with Crippen molar-refractivity contribution in [3.63, 3.8) is 0 Å². The second-order valence-electron chi connectivity index (χ2n) is 5.99. The molecule has 1 aromatic rings. The fourth-order valence-electron chi connectivity index (χ4n) is 2.76. The number of pyridine rings is 1. The smallest absolute Gasteiger partial charge is 0.141 e. The molecule has 0 aromatic carbocycles. The van der Waals surface area contributed by atoms with Crippen LogP contribution in [0, 0.1) is 5.82 Å². The summed E-state index contributed by atoms with van der Waals surface area (Å²) in [7, 11) is 0. The molecule has 1 atom stereocenters. The van der Waals surface area contributed by atoms with Crippen molar-refractivity contribution in [2.75, 3.05) is 24.5 Å². The Morgan fingerprint density at radius 2 is 2.30 bits per heavy atom. The highest BCUT2D eigenvalue weighted by molar-refractivity contribution is 5.48. The SMILES string of the molecule is CCNCc1cc(F)cnc1N1CC(C)OC(C)(C)C1. The average molecular weight is 281 g/mol. The average Bonchev–Trinajstić information content (AvgIpc) is 2.33. The van der Waals surface area contributed by atoms with Gasteiger partial charge in [0.1, 0.15) is 11.6 Å². The number of hydrogen-bond acceptors (Lipinski definition) is 4. The predicted molar refractivity (Wildman–Crippen MR) is 78.4 cm³/mol. The first-order valence-electron chi connectivity index (χ1n) is 7.19. The van der Waals surface area contributed by atoms with Gasteiger partial charge >= 0.3 is 0 Å². The molecule has 1 unspecified atom stereocenters. The van der Waals surface area contributed by atoms with E-state index in [4.69, 9.17) is 4.74 Å². The number of ether oxygens (including phenoxy) is 1. The second-order valence-corrected chi connectivity index (χ2v) is 5.99. The van der Waals surface area contributed by atoms with Crippen molar-refractivity contribution in [2.45, 2.75) is 45.9 Å². The highest BCUT2D eigenvalue weighted by atomic mass is 19.1.